The van der Waals surface area contributed by atoms with E-state index in [0.717, 1.165) is 57.3 Å². The summed E-state index contributed by atoms with van der Waals surface area (Å²) in [7, 11) is 0. The summed E-state index contributed by atoms with van der Waals surface area (Å²) in [6.45, 7) is 11.2. The molecule has 1 unspecified atom stereocenters. The van der Waals surface area contributed by atoms with E-state index in [0.29, 0.717) is 5.92 Å². The van der Waals surface area contributed by atoms with Gasteiger partial charge in [-0.05, 0) is 39.2 Å². The molecule has 3 rings (SSSR count). The molecule has 3 heterocycles. The first-order chi connectivity index (χ1) is 11.2. The van der Waals surface area contributed by atoms with Crippen molar-refractivity contribution < 1.29 is 4.74 Å². The normalized spacial score (nSPS) is 24.7. The Labute approximate surface area is 139 Å². The summed E-state index contributed by atoms with van der Waals surface area (Å²) in [6, 6.07) is 2.21. The molecule has 2 fully saturated rings. The number of nitrogens with zero attached hydrogens (tertiary/aromatic N) is 3. The van der Waals surface area contributed by atoms with Gasteiger partial charge in [-0.1, -0.05) is 13.8 Å². The number of rotatable bonds is 4. The third kappa shape index (κ3) is 3.66. The van der Waals surface area contributed by atoms with Crippen LogP contribution in [0.5, 0.6) is 0 Å². The van der Waals surface area contributed by atoms with Crippen LogP contribution < -0.4 is 10.2 Å². The van der Waals surface area contributed by atoms with Crippen molar-refractivity contribution in [3.05, 3.63) is 17.6 Å². The minimum Gasteiger partial charge on any atom is -0.371 e. The van der Waals surface area contributed by atoms with Crippen LogP contribution in [-0.4, -0.2) is 48.4 Å². The van der Waals surface area contributed by atoms with Crippen LogP contribution in [0.2, 0.25) is 0 Å². The van der Waals surface area contributed by atoms with Crippen LogP contribution in [0.15, 0.2) is 6.07 Å². The van der Waals surface area contributed by atoms with Crippen LogP contribution in [0.3, 0.4) is 0 Å². The summed E-state index contributed by atoms with van der Waals surface area (Å²) in [5, 5.41) is 3.49. The molecule has 128 valence electrons. The highest BCUT2D eigenvalue weighted by Gasteiger charge is 2.34. The predicted octanol–water partition coefficient (Wildman–Crippen LogP) is 2.65. The lowest BCUT2D eigenvalue weighted by Crippen LogP contribution is -2.51. The highest BCUT2D eigenvalue weighted by Crippen LogP contribution is 2.30. The molecule has 1 aromatic heterocycles. The lowest BCUT2D eigenvalue weighted by molar-refractivity contribution is -0.0607. The number of ether oxygens (including phenoxy) is 1. The van der Waals surface area contributed by atoms with Gasteiger partial charge in [0.2, 0.25) is 0 Å². The van der Waals surface area contributed by atoms with Crippen molar-refractivity contribution in [1.82, 2.24) is 15.3 Å². The monoisotopic (exact) mass is 318 g/mol. The molecule has 0 amide bonds. The molecule has 0 saturated carbocycles. The van der Waals surface area contributed by atoms with E-state index in [2.05, 4.69) is 30.1 Å². The molecule has 0 bridgehead atoms. The SMILES string of the molecule is CCC1(CC)CN(c2cc(C3CCCNC3)nc(C)n2)CCO1. The summed E-state index contributed by atoms with van der Waals surface area (Å²) < 4.78 is 6.10. The highest BCUT2D eigenvalue weighted by atomic mass is 16.5. The predicted molar refractivity (Wildman–Crippen MR) is 93.1 cm³/mol. The van der Waals surface area contributed by atoms with Gasteiger partial charge in [0.25, 0.3) is 0 Å². The standard InChI is InChI=1S/C18H30N4O/c1-4-18(5-2)13-22(9-10-23-18)17-11-16(20-14(3)21-17)15-7-6-8-19-12-15/h11,15,19H,4-10,12-13H2,1-3H3. The van der Waals surface area contributed by atoms with E-state index in [-0.39, 0.29) is 5.60 Å². The summed E-state index contributed by atoms with van der Waals surface area (Å²) in [6.07, 6.45) is 4.54. The van der Waals surface area contributed by atoms with Crippen LogP contribution in [0, 0.1) is 6.92 Å². The Balaban J connectivity index is 1.83. The van der Waals surface area contributed by atoms with Crippen molar-refractivity contribution in [3.63, 3.8) is 0 Å². The maximum Gasteiger partial charge on any atom is 0.132 e. The number of aromatic nitrogens is 2. The van der Waals surface area contributed by atoms with Gasteiger partial charge in [0.15, 0.2) is 0 Å². The number of nitrogens with one attached hydrogen (secondary N) is 1. The van der Waals surface area contributed by atoms with Crippen LogP contribution in [0.1, 0.15) is 57.0 Å². The second kappa shape index (κ2) is 7.14. The quantitative estimate of drug-likeness (QED) is 0.925. The zero-order valence-corrected chi connectivity index (χ0v) is 14.8. The molecular weight excluding hydrogens is 288 g/mol. The second-order valence-corrected chi connectivity index (χ2v) is 6.90. The van der Waals surface area contributed by atoms with Crippen molar-refractivity contribution in [3.8, 4) is 0 Å². The van der Waals surface area contributed by atoms with E-state index >= 15 is 0 Å². The Morgan fingerprint density at radius 2 is 2.17 bits per heavy atom. The van der Waals surface area contributed by atoms with Crippen LogP contribution in [0.4, 0.5) is 5.82 Å². The fraction of sp³-hybridized carbons (Fsp3) is 0.778. The fourth-order valence-electron chi connectivity index (χ4n) is 3.77. The summed E-state index contributed by atoms with van der Waals surface area (Å²) in [5.74, 6) is 2.48. The Hall–Kier alpha value is -1.20. The van der Waals surface area contributed by atoms with Gasteiger partial charge in [-0.25, -0.2) is 9.97 Å². The zero-order valence-electron chi connectivity index (χ0n) is 14.8. The van der Waals surface area contributed by atoms with E-state index < -0.39 is 0 Å². The third-order valence-corrected chi connectivity index (χ3v) is 5.42. The van der Waals surface area contributed by atoms with Crippen molar-refractivity contribution in [2.45, 2.75) is 58.0 Å². The molecule has 1 N–H and O–H groups in total. The van der Waals surface area contributed by atoms with E-state index in [9.17, 15) is 0 Å². The average molecular weight is 318 g/mol. The first-order valence-electron chi connectivity index (χ1n) is 9.11. The Kier molecular flexibility index (Phi) is 5.17. The summed E-state index contributed by atoms with van der Waals surface area (Å²) >= 11 is 0. The molecule has 1 aromatic rings. The Morgan fingerprint density at radius 1 is 1.35 bits per heavy atom. The van der Waals surface area contributed by atoms with Gasteiger partial charge >= 0.3 is 0 Å². The largest absolute Gasteiger partial charge is 0.371 e. The molecule has 23 heavy (non-hydrogen) atoms. The molecule has 2 saturated heterocycles. The first kappa shape index (κ1) is 16.7. The number of anilines is 1. The zero-order chi connectivity index (χ0) is 16.3. The topological polar surface area (TPSA) is 50.3 Å². The maximum atomic E-state index is 6.10. The molecule has 2 aliphatic heterocycles. The van der Waals surface area contributed by atoms with E-state index in [1.165, 1.54) is 18.5 Å². The first-order valence-corrected chi connectivity index (χ1v) is 9.11. The minimum absolute atomic E-state index is 0.0241. The van der Waals surface area contributed by atoms with E-state index in [4.69, 9.17) is 14.7 Å². The van der Waals surface area contributed by atoms with E-state index in [1.807, 2.05) is 6.92 Å². The van der Waals surface area contributed by atoms with E-state index in [1.54, 1.807) is 0 Å². The smallest absolute Gasteiger partial charge is 0.132 e. The number of aryl methyl sites for hydroxylation is 1. The van der Waals surface area contributed by atoms with Crippen molar-refractivity contribution in [1.29, 1.82) is 0 Å². The fourth-order valence-corrected chi connectivity index (χ4v) is 3.77. The van der Waals surface area contributed by atoms with Crippen LogP contribution in [0.25, 0.3) is 0 Å². The van der Waals surface area contributed by atoms with Crippen LogP contribution in [-0.2, 0) is 4.74 Å². The van der Waals surface area contributed by atoms with Crippen molar-refractivity contribution in [2.24, 2.45) is 0 Å². The highest BCUT2D eigenvalue weighted by molar-refractivity contribution is 5.42. The maximum absolute atomic E-state index is 6.10. The molecule has 0 radical (unpaired) electrons. The molecule has 1 atom stereocenters. The average Bonchev–Trinajstić information content (AvgIpc) is 2.62. The number of piperidine rings is 1. The number of hydrogen-bond donors (Lipinski definition) is 1. The van der Waals surface area contributed by atoms with Gasteiger partial charge in [-0.2, -0.15) is 0 Å². The van der Waals surface area contributed by atoms with Gasteiger partial charge in [0.1, 0.15) is 11.6 Å². The van der Waals surface area contributed by atoms with Gasteiger partial charge in [0.05, 0.1) is 17.9 Å². The molecule has 0 aliphatic carbocycles. The molecule has 5 nitrogen and oxygen atoms in total. The molecule has 5 heteroatoms. The van der Waals surface area contributed by atoms with Gasteiger partial charge in [-0.3, -0.25) is 0 Å². The number of hydrogen-bond acceptors (Lipinski definition) is 5. The third-order valence-electron chi connectivity index (χ3n) is 5.42. The molecule has 2 aliphatic rings. The lowest BCUT2D eigenvalue weighted by Gasteiger charge is -2.42. The summed E-state index contributed by atoms with van der Waals surface area (Å²) in [4.78, 5) is 11.8. The Morgan fingerprint density at radius 3 is 2.87 bits per heavy atom. The van der Waals surface area contributed by atoms with Crippen molar-refractivity contribution in [2.75, 3.05) is 37.7 Å². The summed E-state index contributed by atoms with van der Waals surface area (Å²) in [5.41, 5.74) is 1.17. The van der Waals surface area contributed by atoms with Crippen molar-refractivity contribution >= 4 is 5.82 Å². The molecular formula is C18H30N4O. The lowest BCUT2D eigenvalue weighted by atomic mass is 9.94. The Bertz CT molecular complexity index is 524. The minimum atomic E-state index is -0.0241. The molecule has 0 spiro atoms. The molecule has 0 aromatic carbocycles. The van der Waals surface area contributed by atoms with Gasteiger partial charge in [-0.15, -0.1) is 0 Å². The van der Waals surface area contributed by atoms with Crippen LogP contribution >= 0.6 is 0 Å². The number of morpholine rings is 1. The second-order valence-electron chi connectivity index (χ2n) is 6.90. The van der Waals surface area contributed by atoms with Gasteiger partial charge in [0, 0.05) is 31.6 Å². The van der Waals surface area contributed by atoms with Gasteiger partial charge < -0.3 is 15.0 Å².